The molecule has 17 heavy (non-hydrogen) atoms. The van der Waals surface area contributed by atoms with Crippen molar-refractivity contribution in [3.8, 4) is 5.69 Å². The zero-order chi connectivity index (χ0) is 12.3. The second-order valence-electron chi connectivity index (χ2n) is 3.68. The van der Waals surface area contributed by atoms with Crippen LogP contribution in [0.4, 0.5) is 0 Å². The van der Waals surface area contributed by atoms with Crippen LogP contribution in [0, 0.1) is 0 Å². The van der Waals surface area contributed by atoms with Crippen molar-refractivity contribution in [2.45, 2.75) is 19.6 Å². The van der Waals surface area contributed by atoms with Crippen molar-refractivity contribution in [1.29, 1.82) is 0 Å². The van der Waals surface area contributed by atoms with Gasteiger partial charge in [-0.3, -0.25) is 4.57 Å². The summed E-state index contributed by atoms with van der Waals surface area (Å²) in [5.74, 6) is 1.19. The summed E-state index contributed by atoms with van der Waals surface area (Å²) in [6.45, 7) is 1.74. The Morgan fingerprint density at radius 1 is 1.29 bits per heavy atom. The van der Waals surface area contributed by atoms with E-state index in [1.165, 1.54) is 0 Å². The summed E-state index contributed by atoms with van der Waals surface area (Å²) >= 11 is 0. The monoisotopic (exact) mass is 233 g/mol. The van der Waals surface area contributed by atoms with E-state index in [4.69, 9.17) is 4.74 Å². The smallest absolute Gasteiger partial charge is 0.166 e. The molecular weight excluding hydrogens is 218 g/mol. The van der Waals surface area contributed by atoms with Gasteiger partial charge in [0.15, 0.2) is 11.6 Å². The second kappa shape index (κ2) is 5.07. The summed E-state index contributed by atoms with van der Waals surface area (Å²) in [6.07, 6.45) is -0.178. The molecule has 0 fully saturated rings. The highest BCUT2D eigenvalue weighted by molar-refractivity contribution is 5.34. The summed E-state index contributed by atoms with van der Waals surface area (Å²) in [6, 6.07) is 9.67. The van der Waals surface area contributed by atoms with E-state index in [0.717, 1.165) is 5.69 Å². The van der Waals surface area contributed by atoms with Gasteiger partial charge in [-0.1, -0.05) is 18.2 Å². The number of methoxy groups -OCH3 is 1. The standard InChI is InChI=1S/C12H15N3O2/c1-9(17-2)12-14-13-11(8-16)15(12)10-6-4-3-5-7-10/h3-7,9,16H,8H2,1-2H3. The van der Waals surface area contributed by atoms with Crippen molar-refractivity contribution in [1.82, 2.24) is 14.8 Å². The predicted octanol–water partition coefficient (Wildman–Crippen LogP) is 1.47. The molecule has 0 radical (unpaired) electrons. The summed E-state index contributed by atoms with van der Waals surface area (Å²) in [5.41, 5.74) is 0.917. The fraction of sp³-hybridized carbons (Fsp3) is 0.333. The van der Waals surface area contributed by atoms with Gasteiger partial charge < -0.3 is 9.84 Å². The van der Waals surface area contributed by atoms with E-state index in [9.17, 15) is 5.11 Å². The number of hydrogen-bond acceptors (Lipinski definition) is 4. The Balaban J connectivity index is 2.54. The van der Waals surface area contributed by atoms with Crippen LogP contribution in [0.2, 0.25) is 0 Å². The molecule has 2 aromatic rings. The Labute approximate surface area is 99.7 Å². The third-order valence-corrected chi connectivity index (χ3v) is 2.63. The Bertz CT molecular complexity index is 482. The van der Waals surface area contributed by atoms with Gasteiger partial charge in [0, 0.05) is 12.8 Å². The van der Waals surface area contributed by atoms with E-state index in [-0.39, 0.29) is 12.7 Å². The fourth-order valence-electron chi connectivity index (χ4n) is 1.66. The minimum absolute atomic E-state index is 0.154. The van der Waals surface area contributed by atoms with Crippen LogP contribution in [0.3, 0.4) is 0 Å². The lowest BCUT2D eigenvalue weighted by Gasteiger charge is -2.13. The number of hydrogen-bond donors (Lipinski definition) is 1. The number of nitrogens with zero attached hydrogens (tertiary/aromatic N) is 3. The van der Waals surface area contributed by atoms with Crippen LogP contribution in [0.5, 0.6) is 0 Å². The Hall–Kier alpha value is -1.72. The molecule has 0 aliphatic carbocycles. The topological polar surface area (TPSA) is 60.2 Å². The van der Waals surface area contributed by atoms with Crippen molar-refractivity contribution >= 4 is 0 Å². The molecule has 0 aliphatic heterocycles. The average Bonchev–Trinajstić information content (AvgIpc) is 2.82. The van der Waals surface area contributed by atoms with Crippen molar-refractivity contribution in [2.24, 2.45) is 0 Å². The highest BCUT2D eigenvalue weighted by Gasteiger charge is 2.17. The minimum atomic E-state index is -0.178. The number of rotatable bonds is 4. The first-order valence-electron chi connectivity index (χ1n) is 5.41. The van der Waals surface area contributed by atoms with E-state index in [0.29, 0.717) is 11.6 Å². The molecule has 0 bridgehead atoms. The molecule has 0 amide bonds. The van der Waals surface area contributed by atoms with Crippen LogP contribution in [0.1, 0.15) is 24.7 Å². The summed E-state index contributed by atoms with van der Waals surface area (Å²) < 4.78 is 7.06. The van der Waals surface area contributed by atoms with Crippen molar-refractivity contribution < 1.29 is 9.84 Å². The van der Waals surface area contributed by atoms with Gasteiger partial charge in [-0.25, -0.2) is 0 Å². The van der Waals surface area contributed by atoms with E-state index < -0.39 is 0 Å². The molecule has 1 aromatic carbocycles. The maximum Gasteiger partial charge on any atom is 0.166 e. The van der Waals surface area contributed by atoms with Gasteiger partial charge in [-0.05, 0) is 19.1 Å². The summed E-state index contributed by atoms with van der Waals surface area (Å²) in [5, 5.41) is 17.3. The maximum atomic E-state index is 9.28. The number of aromatic nitrogens is 3. The number of ether oxygens (including phenoxy) is 1. The average molecular weight is 233 g/mol. The van der Waals surface area contributed by atoms with E-state index in [1.54, 1.807) is 7.11 Å². The predicted molar refractivity (Wildman–Crippen MR) is 62.7 cm³/mol. The quantitative estimate of drug-likeness (QED) is 0.868. The van der Waals surface area contributed by atoms with Gasteiger partial charge in [-0.15, -0.1) is 10.2 Å². The molecular formula is C12H15N3O2. The van der Waals surface area contributed by atoms with E-state index in [2.05, 4.69) is 10.2 Å². The molecule has 90 valence electrons. The summed E-state index contributed by atoms with van der Waals surface area (Å²) in [4.78, 5) is 0. The van der Waals surface area contributed by atoms with Gasteiger partial charge in [0.25, 0.3) is 0 Å². The molecule has 2 rings (SSSR count). The maximum absolute atomic E-state index is 9.28. The summed E-state index contributed by atoms with van der Waals surface area (Å²) in [7, 11) is 1.62. The second-order valence-corrected chi connectivity index (χ2v) is 3.68. The van der Waals surface area contributed by atoms with Gasteiger partial charge in [0.05, 0.1) is 0 Å². The van der Waals surface area contributed by atoms with Gasteiger partial charge >= 0.3 is 0 Å². The molecule has 1 aromatic heterocycles. The van der Waals surface area contributed by atoms with Crippen LogP contribution < -0.4 is 0 Å². The fourth-order valence-corrected chi connectivity index (χ4v) is 1.66. The molecule has 5 heteroatoms. The van der Waals surface area contributed by atoms with Crippen LogP contribution in [-0.2, 0) is 11.3 Å². The first-order chi connectivity index (χ1) is 8.27. The van der Waals surface area contributed by atoms with Gasteiger partial charge in [0.2, 0.25) is 0 Å². The highest BCUT2D eigenvalue weighted by atomic mass is 16.5. The molecule has 1 unspecified atom stereocenters. The lowest BCUT2D eigenvalue weighted by molar-refractivity contribution is 0.110. The Kier molecular flexibility index (Phi) is 3.51. The first-order valence-corrected chi connectivity index (χ1v) is 5.41. The third-order valence-electron chi connectivity index (χ3n) is 2.63. The van der Waals surface area contributed by atoms with Crippen LogP contribution in [0.15, 0.2) is 30.3 Å². The molecule has 0 spiro atoms. The lowest BCUT2D eigenvalue weighted by Crippen LogP contribution is -2.09. The Morgan fingerprint density at radius 3 is 2.59 bits per heavy atom. The molecule has 0 saturated heterocycles. The largest absolute Gasteiger partial charge is 0.388 e. The minimum Gasteiger partial charge on any atom is -0.388 e. The number of benzene rings is 1. The van der Waals surface area contributed by atoms with E-state index in [1.807, 2.05) is 41.8 Å². The van der Waals surface area contributed by atoms with Gasteiger partial charge in [-0.2, -0.15) is 0 Å². The normalized spacial score (nSPS) is 12.6. The molecule has 1 heterocycles. The molecule has 1 atom stereocenters. The van der Waals surface area contributed by atoms with Crippen molar-refractivity contribution in [3.05, 3.63) is 42.0 Å². The molecule has 0 aliphatic rings. The van der Waals surface area contributed by atoms with Crippen LogP contribution >= 0.6 is 0 Å². The zero-order valence-corrected chi connectivity index (χ0v) is 9.87. The zero-order valence-electron chi connectivity index (χ0n) is 9.87. The number of aliphatic hydroxyl groups excluding tert-OH is 1. The lowest BCUT2D eigenvalue weighted by atomic mass is 10.3. The van der Waals surface area contributed by atoms with Crippen LogP contribution in [0.25, 0.3) is 5.69 Å². The van der Waals surface area contributed by atoms with Gasteiger partial charge in [0.1, 0.15) is 12.7 Å². The molecule has 1 N–H and O–H groups in total. The van der Waals surface area contributed by atoms with Crippen LogP contribution in [-0.4, -0.2) is 27.0 Å². The number of para-hydroxylation sites is 1. The highest BCUT2D eigenvalue weighted by Crippen LogP contribution is 2.20. The SMILES string of the molecule is COC(C)c1nnc(CO)n1-c1ccccc1. The molecule has 5 nitrogen and oxygen atoms in total. The third kappa shape index (κ3) is 2.20. The van der Waals surface area contributed by atoms with Crippen molar-refractivity contribution in [3.63, 3.8) is 0 Å². The first kappa shape index (κ1) is 11.8. The van der Waals surface area contributed by atoms with E-state index >= 15 is 0 Å². The Morgan fingerprint density at radius 2 is 2.00 bits per heavy atom. The molecule has 0 saturated carbocycles. The number of aliphatic hydroxyl groups is 1. The van der Waals surface area contributed by atoms with Crippen molar-refractivity contribution in [2.75, 3.05) is 7.11 Å².